The van der Waals surface area contributed by atoms with Crippen LogP contribution in [0.25, 0.3) is 11.4 Å². The van der Waals surface area contributed by atoms with E-state index in [4.69, 9.17) is 5.84 Å². The highest BCUT2D eigenvalue weighted by atomic mass is 32.2. The molecule has 0 atom stereocenters. The van der Waals surface area contributed by atoms with Gasteiger partial charge >= 0.3 is 0 Å². The lowest BCUT2D eigenvalue weighted by Crippen LogP contribution is -2.39. The minimum Gasteiger partial charge on any atom is -0.342 e. The van der Waals surface area contributed by atoms with Crippen molar-refractivity contribution < 1.29 is 4.79 Å². The van der Waals surface area contributed by atoms with E-state index in [1.165, 1.54) is 22.0 Å². The second kappa shape index (κ2) is 9.13. The largest absolute Gasteiger partial charge is 0.342 e. The average molecular weight is 408 g/mol. The van der Waals surface area contributed by atoms with E-state index in [0.717, 1.165) is 37.9 Å². The smallest absolute Gasteiger partial charge is 0.233 e. The Bertz CT molecular complexity index is 936. The van der Waals surface area contributed by atoms with E-state index < -0.39 is 0 Å². The van der Waals surface area contributed by atoms with Gasteiger partial charge in [-0.3, -0.25) is 4.79 Å². The lowest BCUT2D eigenvalue weighted by atomic mass is 9.90. The maximum Gasteiger partial charge on any atom is 0.233 e. The number of likely N-dealkylation sites (tertiary alicyclic amines) is 1. The molecule has 2 heterocycles. The minimum atomic E-state index is 0.137. The molecular weight excluding hydrogens is 382 g/mol. The van der Waals surface area contributed by atoms with Gasteiger partial charge in [-0.15, -0.1) is 10.2 Å². The zero-order valence-electron chi connectivity index (χ0n) is 16.3. The molecule has 6 nitrogen and oxygen atoms in total. The molecule has 29 heavy (non-hydrogen) atoms. The third kappa shape index (κ3) is 4.79. The Kier molecular flexibility index (Phi) is 6.14. The Morgan fingerprint density at radius 3 is 2.34 bits per heavy atom. The molecule has 0 bridgehead atoms. The third-order valence-electron chi connectivity index (χ3n) is 5.36. The summed E-state index contributed by atoms with van der Waals surface area (Å²) in [7, 11) is 0. The van der Waals surface area contributed by atoms with Crippen LogP contribution in [0, 0.1) is 5.92 Å². The molecule has 2 N–H and O–H groups in total. The highest BCUT2D eigenvalue weighted by molar-refractivity contribution is 7.99. The first kappa shape index (κ1) is 19.5. The van der Waals surface area contributed by atoms with Crippen molar-refractivity contribution in [3.63, 3.8) is 0 Å². The summed E-state index contributed by atoms with van der Waals surface area (Å²) in [5.41, 5.74) is 2.28. The first-order valence-corrected chi connectivity index (χ1v) is 10.9. The van der Waals surface area contributed by atoms with Crippen LogP contribution in [0.15, 0.2) is 65.8 Å². The summed E-state index contributed by atoms with van der Waals surface area (Å²) in [5, 5.41) is 8.87. The van der Waals surface area contributed by atoms with Crippen molar-refractivity contribution in [2.75, 3.05) is 24.7 Å². The van der Waals surface area contributed by atoms with E-state index in [2.05, 4.69) is 34.5 Å². The predicted octanol–water partition coefficient (Wildman–Crippen LogP) is 3.23. The van der Waals surface area contributed by atoms with Crippen LogP contribution in [-0.2, 0) is 11.2 Å². The van der Waals surface area contributed by atoms with Gasteiger partial charge in [0.15, 0.2) is 5.82 Å². The maximum atomic E-state index is 12.6. The van der Waals surface area contributed by atoms with Crippen molar-refractivity contribution in [3.05, 3.63) is 66.2 Å². The van der Waals surface area contributed by atoms with Crippen molar-refractivity contribution >= 4 is 17.7 Å². The van der Waals surface area contributed by atoms with Gasteiger partial charge in [0.1, 0.15) is 0 Å². The number of amides is 1. The van der Waals surface area contributed by atoms with Crippen LogP contribution >= 0.6 is 11.8 Å². The number of carbonyl (C=O) groups excluding carboxylic acids is 1. The van der Waals surface area contributed by atoms with E-state index in [1.54, 1.807) is 0 Å². The van der Waals surface area contributed by atoms with E-state index in [9.17, 15) is 4.79 Å². The molecule has 4 rings (SSSR count). The van der Waals surface area contributed by atoms with Gasteiger partial charge < -0.3 is 10.7 Å². The summed E-state index contributed by atoms with van der Waals surface area (Å²) in [6.07, 6.45) is 3.20. The summed E-state index contributed by atoms with van der Waals surface area (Å²) < 4.78 is 1.46. The lowest BCUT2D eigenvalue weighted by molar-refractivity contribution is -0.129. The SMILES string of the molecule is Nn1c(SCC(=O)N2CCC(Cc3ccccc3)CC2)nnc1-c1ccccc1. The molecule has 0 unspecified atom stereocenters. The molecule has 0 aliphatic carbocycles. The number of nitrogens with two attached hydrogens (primary N) is 1. The van der Waals surface area contributed by atoms with Crippen LogP contribution < -0.4 is 5.84 Å². The summed E-state index contributed by atoms with van der Waals surface area (Å²) in [6.45, 7) is 1.64. The van der Waals surface area contributed by atoms with Gasteiger partial charge in [-0.1, -0.05) is 72.4 Å². The number of hydrogen-bond donors (Lipinski definition) is 1. The van der Waals surface area contributed by atoms with Gasteiger partial charge in [-0.05, 0) is 30.7 Å². The molecule has 7 heteroatoms. The highest BCUT2D eigenvalue weighted by Gasteiger charge is 2.23. The molecular formula is C22H25N5OS. The number of rotatable bonds is 6. The van der Waals surface area contributed by atoms with Crippen LogP contribution in [0.2, 0.25) is 0 Å². The lowest BCUT2D eigenvalue weighted by Gasteiger charge is -2.32. The molecule has 1 aromatic heterocycles. The fourth-order valence-electron chi connectivity index (χ4n) is 3.71. The van der Waals surface area contributed by atoms with Crippen molar-refractivity contribution in [2.45, 2.75) is 24.4 Å². The summed E-state index contributed by atoms with van der Waals surface area (Å²) in [5.74, 6) is 7.85. The maximum absolute atomic E-state index is 12.6. The molecule has 1 aliphatic heterocycles. The second-order valence-electron chi connectivity index (χ2n) is 7.34. The molecule has 0 spiro atoms. The number of piperidine rings is 1. The molecule has 3 aromatic rings. The van der Waals surface area contributed by atoms with E-state index in [-0.39, 0.29) is 5.91 Å². The first-order valence-electron chi connectivity index (χ1n) is 9.91. The van der Waals surface area contributed by atoms with Crippen LogP contribution in [0.1, 0.15) is 18.4 Å². The standard InChI is InChI=1S/C22H25N5OS/c23-27-21(19-9-5-2-6-10-19)24-25-22(27)29-16-20(28)26-13-11-18(12-14-26)15-17-7-3-1-4-8-17/h1-10,18H,11-16,23H2. The highest BCUT2D eigenvalue weighted by Crippen LogP contribution is 2.24. The second-order valence-corrected chi connectivity index (χ2v) is 8.29. The van der Waals surface area contributed by atoms with Crippen molar-refractivity contribution in [1.29, 1.82) is 0 Å². The number of carbonyl (C=O) groups is 1. The quantitative estimate of drug-likeness (QED) is 0.501. The Balaban J connectivity index is 1.27. The number of nitrogen functional groups attached to an aromatic ring is 1. The van der Waals surface area contributed by atoms with E-state index in [0.29, 0.717) is 22.7 Å². The van der Waals surface area contributed by atoms with Crippen molar-refractivity contribution in [2.24, 2.45) is 5.92 Å². The van der Waals surface area contributed by atoms with Crippen molar-refractivity contribution in [3.8, 4) is 11.4 Å². The Labute approximate surface area is 175 Å². The third-order valence-corrected chi connectivity index (χ3v) is 6.28. The van der Waals surface area contributed by atoms with Crippen molar-refractivity contribution in [1.82, 2.24) is 19.8 Å². The molecule has 1 aliphatic rings. The molecule has 150 valence electrons. The van der Waals surface area contributed by atoms with Crippen LogP contribution in [0.5, 0.6) is 0 Å². The van der Waals surface area contributed by atoms with E-state index in [1.807, 2.05) is 41.3 Å². The minimum absolute atomic E-state index is 0.137. The fraction of sp³-hybridized carbons (Fsp3) is 0.318. The van der Waals surface area contributed by atoms with Crippen LogP contribution in [0.4, 0.5) is 0 Å². The Morgan fingerprint density at radius 1 is 1.00 bits per heavy atom. The summed E-state index contributed by atoms with van der Waals surface area (Å²) >= 11 is 1.34. The number of benzene rings is 2. The molecule has 1 fully saturated rings. The van der Waals surface area contributed by atoms with Gasteiger partial charge in [-0.2, -0.15) is 0 Å². The Hall–Kier alpha value is -2.80. The monoisotopic (exact) mass is 407 g/mol. The molecule has 2 aromatic carbocycles. The Morgan fingerprint density at radius 2 is 1.66 bits per heavy atom. The van der Waals surface area contributed by atoms with Crippen LogP contribution in [-0.4, -0.2) is 44.5 Å². The zero-order chi connectivity index (χ0) is 20.1. The average Bonchev–Trinajstić information content (AvgIpc) is 3.14. The number of nitrogens with zero attached hydrogens (tertiary/aromatic N) is 4. The normalized spacial score (nSPS) is 14.8. The number of thioether (sulfide) groups is 1. The summed E-state index contributed by atoms with van der Waals surface area (Å²) in [6, 6.07) is 20.3. The van der Waals surface area contributed by atoms with Gasteiger partial charge in [0.25, 0.3) is 0 Å². The number of aromatic nitrogens is 3. The van der Waals surface area contributed by atoms with E-state index >= 15 is 0 Å². The van der Waals surface area contributed by atoms with Gasteiger partial charge in [0.2, 0.25) is 11.1 Å². The van der Waals surface area contributed by atoms with Gasteiger partial charge in [0, 0.05) is 18.7 Å². The fourth-order valence-corrected chi connectivity index (χ4v) is 4.47. The first-order chi connectivity index (χ1) is 14.2. The topological polar surface area (TPSA) is 77.0 Å². The summed E-state index contributed by atoms with van der Waals surface area (Å²) in [4.78, 5) is 14.6. The molecule has 0 radical (unpaired) electrons. The van der Waals surface area contributed by atoms with Gasteiger partial charge in [0.05, 0.1) is 5.75 Å². The molecule has 1 saturated heterocycles. The predicted molar refractivity (Wildman–Crippen MR) is 116 cm³/mol. The molecule has 0 saturated carbocycles. The molecule has 1 amide bonds. The van der Waals surface area contributed by atoms with Gasteiger partial charge in [-0.25, -0.2) is 4.68 Å². The zero-order valence-corrected chi connectivity index (χ0v) is 17.1. The number of hydrogen-bond acceptors (Lipinski definition) is 5. The van der Waals surface area contributed by atoms with Crippen LogP contribution in [0.3, 0.4) is 0 Å².